The number of nitrogens with one attached hydrogen (secondary N) is 1. The molecule has 0 aliphatic carbocycles. The Morgan fingerprint density at radius 3 is 2.61 bits per heavy atom. The number of thiophene rings is 1. The molecule has 0 atom stereocenters. The third-order valence-electron chi connectivity index (χ3n) is 4.57. The van der Waals surface area contributed by atoms with E-state index >= 15 is 0 Å². The van der Waals surface area contributed by atoms with Crippen molar-refractivity contribution in [1.29, 1.82) is 0 Å². The van der Waals surface area contributed by atoms with Gasteiger partial charge >= 0.3 is 0 Å². The van der Waals surface area contributed by atoms with Gasteiger partial charge in [0.05, 0.1) is 5.69 Å². The maximum absolute atomic E-state index is 12.7. The van der Waals surface area contributed by atoms with Crippen LogP contribution < -0.4 is 4.72 Å². The lowest BCUT2D eigenvalue weighted by Gasteiger charge is -2.08. The second-order valence-corrected chi connectivity index (χ2v) is 10.0. The molecular weight excluding hydrogens is 432 g/mol. The first-order valence-corrected chi connectivity index (χ1v) is 11.6. The number of aromatic nitrogens is 5. The second kappa shape index (κ2) is 7.56. The molecule has 1 aromatic carbocycles. The maximum Gasteiger partial charge on any atom is 0.271 e. The molecule has 1 N–H and O–H groups in total. The fourth-order valence-corrected chi connectivity index (χ4v) is 5.45. The summed E-state index contributed by atoms with van der Waals surface area (Å²) >= 11 is 1.23. The molecule has 154 valence electrons. The highest BCUT2D eigenvalue weighted by molar-refractivity contribution is 7.94. The number of nitrogens with zero attached hydrogens (tertiary/aromatic N) is 5. The molecule has 0 unspecified atom stereocenters. The van der Waals surface area contributed by atoms with Crippen LogP contribution in [0.15, 0.2) is 77.3 Å². The normalized spacial score (nSPS) is 11.6. The third kappa shape index (κ3) is 3.78. The SMILES string of the molecule is Cc1ccc(S(=O)(=O)Nc2cccc(-c3ccc4nnc(-c5cccnc5)n4n3)c2)s1. The first-order valence-electron chi connectivity index (χ1n) is 9.32. The molecule has 0 saturated heterocycles. The average Bonchev–Trinajstić information content (AvgIpc) is 3.40. The van der Waals surface area contributed by atoms with E-state index in [1.807, 2.05) is 37.3 Å². The Morgan fingerprint density at radius 1 is 0.968 bits per heavy atom. The van der Waals surface area contributed by atoms with Gasteiger partial charge in [-0.1, -0.05) is 12.1 Å². The highest BCUT2D eigenvalue weighted by Crippen LogP contribution is 2.26. The van der Waals surface area contributed by atoms with Crippen molar-refractivity contribution >= 4 is 32.7 Å². The van der Waals surface area contributed by atoms with Gasteiger partial charge in [-0.25, -0.2) is 8.42 Å². The number of sulfonamides is 1. The molecule has 0 bridgehead atoms. The van der Waals surface area contributed by atoms with Gasteiger partial charge in [0.2, 0.25) is 0 Å². The van der Waals surface area contributed by atoms with Crippen molar-refractivity contribution in [3.8, 4) is 22.6 Å². The summed E-state index contributed by atoms with van der Waals surface area (Å²) < 4.78 is 29.9. The average molecular weight is 449 g/mol. The van der Waals surface area contributed by atoms with Crippen molar-refractivity contribution in [3.05, 3.63) is 77.9 Å². The van der Waals surface area contributed by atoms with E-state index in [9.17, 15) is 8.42 Å². The van der Waals surface area contributed by atoms with E-state index in [2.05, 4.69) is 25.0 Å². The topological polar surface area (TPSA) is 102 Å². The van der Waals surface area contributed by atoms with Crippen molar-refractivity contribution in [2.75, 3.05) is 4.72 Å². The van der Waals surface area contributed by atoms with E-state index in [1.165, 1.54) is 11.3 Å². The van der Waals surface area contributed by atoms with Gasteiger partial charge in [-0.15, -0.1) is 21.5 Å². The minimum absolute atomic E-state index is 0.278. The van der Waals surface area contributed by atoms with Gasteiger partial charge in [-0.05, 0) is 55.5 Å². The molecule has 0 aliphatic heterocycles. The fraction of sp³-hybridized carbons (Fsp3) is 0.0476. The van der Waals surface area contributed by atoms with E-state index in [-0.39, 0.29) is 4.21 Å². The summed E-state index contributed by atoms with van der Waals surface area (Å²) in [5, 5.41) is 13.1. The lowest BCUT2D eigenvalue weighted by Crippen LogP contribution is -2.11. The second-order valence-electron chi connectivity index (χ2n) is 6.81. The zero-order valence-corrected chi connectivity index (χ0v) is 17.9. The number of pyridine rings is 1. The van der Waals surface area contributed by atoms with Crippen LogP contribution >= 0.6 is 11.3 Å². The summed E-state index contributed by atoms with van der Waals surface area (Å²) in [6, 6.07) is 17.9. The first-order chi connectivity index (χ1) is 15.0. The Hall–Kier alpha value is -3.63. The molecule has 5 rings (SSSR count). The molecule has 10 heteroatoms. The van der Waals surface area contributed by atoms with Crippen LogP contribution in [0.25, 0.3) is 28.3 Å². The van der Waals surface area contributed by atoms with Crippen molar-refractivity contribution in [2.45, 2.75) is 11.1 Å². The maximum atomic E-state index is 12.7. The first kappa shape index (κ1) is 19.3. The molecular formula is C21H16N6O2S2. The van der Waals surface area contributed by atoms with E-state index in [1.54, 1.807) is 47.2 Å². The number of hydrogen-bond donors (Lipinski definition) is 1. The highest BCUT2D eigenvalue weighted by atomic mass is 32.2. The number of fused-ring (bicyclic) bond motifs is 1. The lowest BCUT2D eigenvalue weighted by molar-refractivity contribution is 0.603. The lowest BCUT2D eigenvalue weighted by atomic mass is 10.1. The summed E-state index contributed by atoms with van der Waals surface area (Å²) in [5.41, 5.74) is 3.28. The van der Waals surface area contributed by atoms with Gasteiger partial charge < -0.3 is 0 Å². The molecule has 0 spiro atoms. The Kier molecular flexibility index (Phi) is 4.72. The largest absolute Gasteiger partial charge is 0.279 e. The summed E-state index contributed by atoms with van der Waals surface area (Å²) in [5.74, 6) is 0.579. The molecule has 4 aromatic heterocycles. The molecule has 5 aromatic rings. The van der Waals surface area contributed by atoms with Crippen molar-refractivity contribution in [1.82, 2.24) is 24.8 Å². The number of aryl methyl sites for hydroxylation is 1. The number of anilines is 1. The predicted molar refractivity (Wildman–Crippen MR) is 119 cm³/mol. The monoisotopic (exact) mass is 448 g/mol. The fourth-order valence-electron chi connectivity index (χ4n) is 3.12. The van der Waals surface area contributed by atoms with Crippen LogP contribution in [0.5, 0.6) is 0 Å². The van der Waals surface area contributed by atoms with E-state index in [0.717, 1.165) is 16.0 Å². The molecule has 0 amide bonds. The molecule has 4 heterocycles. The smallest absolute Gasteiger partial charge is 0.271 e. The standard InChI is InChI=1S/C21H16N6O2S2/c1-14-7-10-20(30-14)31(28,29)26-17-6-2-4-15(12-17)18-8-9-19-23-24-21(27(19)25-18)16-5-3-11-22-13-16/h2-13,26H,1H3. The molecule has 0 saturated carbocycles. The van der Waals surface area contributed by atoms with Crippen LogP contribution in [0, 0.1) is 6.92 Å². The van der Waals surface area contributed by atoms with E-state index in [0.29, 0.717) is 22.9 Å². The van der Waals surface area contributed by atoms with Crippen LogP contribution in [-0.2, 0) is 10.0 Å². The molecule has 8 nitrogen and oxygen atoms in total. The van der Waals surface area contributed by atoms with Gasteiger partial charge in [-0.3, -0.25) is 9.71 Å². The van der Waals surface area contributed by atoms with Crippen LogP contribution in [0.1, 0.15) is 4.88 Å². The third-order valence-corrected chi connectivity index (χ3v) is 7.45. The van der Waals surface area contributed by atoms with Gasteiger partial charge in [0.15, 0.2) is 11.5 Å². The molecule has 31 heavy (non-hydrogen) atoms. The Balaban J connectivity index is 1.51. The predicted octanol–water partition coefficient (Wildman–Crippen LogP) is 4.02. The Morgan fingerprint density at radius 2 is 1.84 bits per heavy atom. The highest BCUT2D eigenvalue weighted by Gasteiger charge is 2.17. The quantitative estimate of drug-likeness (QED) is 0.436. The van der Waals surface area contributed by atoms with Gasteiger partial charge in [0, 0.05) is 34.1 Å². The zero-order valence-electron chi connectivity index (χ0n) is 16.3. The summed E-state index contributed by atoms with van der Waals surface area (Å²) in [6.45, 7) is 1.87. The van der Waals surface area contributed by atoms with Crippen LogP contribution in [0.3, 0.4) is 0 Å². The Bertz CT molecular complexity index is 1490. The Labute approximate surface area is 182 Å². The van der Waals surface area contributed by atoms with E-state index < -0.39 is 10.0 Å². The molecule has 0 fully saturated rings. The van der Waals surface area contributed by atoms with Crippen LogP contribution in [0.4, 0.5) is 5.69 Å². The summed E-state index contributed by atoms with van der Waals surface area (Å²) in [6.07, 6.45) is 3.39. The van der Waals surface area contributed by atoms with E-state index in [4.69, 9.17) is 0 Å². The minimum Gasteiger partial charge on any atom is -0.279 e. The van der Waals surface area contributed by atoms with Gasteiger partial charge in [0.1, 0.15) is 4.21 Å². The van der Waals surface area contributed by atoms with Crippen molar-refractivity contribution in [3.63, 3.8) is 0 Å². The summed E-state index contributed by atoms with van der Waals surface area (Å²) in [4.78, 5) is 5.06. The van der Waals surface area contributed by atoms with Crippen molar-refractivity contribution in [2.24, 2.45) is 0 Å². The minimum atomic E-state index is -3.64. The molecule has 0 radical (unpaired) electrons. The van der Waals surface area contributed by atoms with Crippen LogP contribution in [-0.4, -0.2) is 33.2 Å². The van der Waals surface area contributed by atoms with Gasteiger partial charge in [0.25, 0.3) is 10.0 Å². The number of hydrogen-bond acceptors (Lipinski definition) is 7. The number of rotatable bonds is 5. The zero-order chi connectivity index (χ0) is 21.4. The van der Waals surface area contributed by atoms with Crippen LogP contribution in [0.2, 0.25) is 0 Å². The van der Waals surface area contributed by atoms with Crippen molar-refractivity contribution < 1.29 is 8.42 Å². The van der Waals surface area contributed by atoms with Gasteiger partial charge in [-0.2, -0.15) is 9.61 Å². The molecule has 0 aliphatic rings. The summed E-state index contributed by atoms with van der Waals surface area (Å²) in [7, 11) is -3.64. The number of benzene rings is 1.